The Bertz CT molecular complexity index is 497. The van der Waals surface area contributed by atoms with E-state index in [0.29, 0.717) is 27.0 Å². The predicted octanol–water partition coefficient (Wildman–Crippen LogP) is 2.93. The van der Waals surface area contributed by atoms with Crippen LogP contribution in [0.5, 0.6) is 0 Å². The van der Waals surface area contributed by atoms with Crippen LogP contribution in [0, 0.1) is 0 Å². The van der Waals surface area contributed by atoms with Gasteiger partial charge in [-0.3, -0.25) is 0 Å². The van der Waals surface area contributed by atoms with Gasteiger partial charge in [0.1, 0.15) is 0 Å². The molecule has 0 unspecified atom stereocenters. The van der Waals surface area contributed by atoms with Crippen molar-refractivity contribution in [3.63, 3.8) is 0 Å². The minimum absolute atomic E-state index is 0.567. The first-order chi connectivity index (χ1) is 9.42. The fourth-order valence-electron chi connectivity index (χ4n) is 2.61. The average molecular weight is 316 g/mol. The van der Waals surface area contributed by atoms with Crippen molar-refractivity contribution < 1.29 is 0 Å². The summed E-state index contributed by atoms with van der Waals surface area (Å²) in [6, 6.07) is 23.0. The van der Waals surface area contributed by atoms with Crippen molar-refractivity contribution in [2.75, 3.05) is 0 Å². The zero-order valence-corrected chi connectivity index (χ0v) is 12.7. The van der Waals surface area contributed by atoms with E-state index < -0.39 is 0 Å². The molecule has 1 aliphatic rings. The molecule has 1 fully saturated rings. The summed E-state index contributed by atoms with van der Waals surface area (Å²) in [7, 11) is 0. The van der Waals surface area contributed by atoms with Crippen LogP contribution in [-0.2, 0) is 0 Å². The summed E-state index contributed by atoms with van der Waals surface area (Å²) >= 11 is 0.602. The third-order valence-electron chi connectivity index (χ3n) is 3.64. The van der Waals surface area contributed by atoms with Crippen molar-refractivity contribution in [2.24, 2.45) is 0 Å². The van der Waals surface area contributed by atoms with Crippen molar-refractivity contribution in [1.82, 2.24) is 5.32 Å². The third-order valence-corrected chi connectivity index (χ3v) is 6.10. The standard InChI is InChI=1S/C17H19NSe/c1-3-7-14(8-4-1)17-12-11-15(18-17)13-19-16-9-5-2-6-10-16/h1-10,15,17-18H,11-13H2/t15-,17-/m0/s1. The SMILES string of the molecule is c1ccc([Se]C[C@@H]2CC[C@@H](c3ccccc3)N2)cc1. The van der Waals surface area contributed by atoms with Crippen LogP contribution in [0.2, 0.25) is 5.32 Å². The van der Waals surface area contributed by atoms with Gasteiger partial charge in [-0.1, -0.05) is 0 Å². The monoisotopic (exact) mass is 317 g/mol. The Morgan fingerprint density at radius 2 is 1.58 bits per heavy atom. The first kappa shape index (κ1) is 12.9. The van der Waals surface area contributed by atoms with Crippen LogP contribution in [0.15, 0.2) is 60.7 Å². The maximum absolute atomic E-state index is 3.79. The van der Waals surface area contributed by atoms with Crippen molar-refractivity contribution in [1.29, 1.82) is 0 Å². The fraction of sp³-hybridized carbons (Fsp3) is 0.294. The molecule has 2 atom stereocenters. The second-order valence-corrected chi connectivity index (χ2v) is 7.32. The summed E-state index contributed by atoms with van der Waals surface area (Å²) in [5.74, 6) is 0. The van der Waals surface area contributed by atoms with Gasteiger partial charge in [0.15, 0.2) is 0 Å². The number of rotatable bonds is 4. The molecule has 0 spiro atoms. The number of hydrogen-bond donors (Lipinski definition) is 1. The Morgan fingerprint density at radius 3 is 2.32 bits per heavy atom. The van der Waals surface area contributed by atoms with E-state index in [0.717, 1.165) is 0 Å². The molecule has 0 aromatic heterocycles. The van der Waals surface area contributed by atoms with Gasteiger partial charge in [-0.15, -0.1) is 0 Å². The summed E-state index contributed by atoms with van der Waals surface area (Å²) < 4.78 is 1.51. The molecule has 1 aliphatic heterocycles. The second kappa shape index (κ2) is 6.38. The summed E-state index contributed by atoms with van der Waals surface area (Å²) in [5, 5.41) is 5.10. The van der Waals surface area contributed by atoms with Crippen LogP contribution in [0.4, 0.5) is 0 Å². The van der Waals surface area contributed by atoms with Crippen molar-refractivity contribution in [3.05, 3.63) is 66.2 Å². The molecular weight excluding hydrogens is 297 g/mol. The molecule has 3 rings (SSSR count). The van der Waals surface area contributed by atoms with E-state index >= 15 is 0 Å². The van der Waals surface area contributed by atoms with Gasteiger partial charge < -0.3 is 0 Å². The molecule has 0 aliphatic carbocycles. The van der Waals surface area contributed by atoms with Crippen molar-refractivity contribution in [2.45, 2.75) is 30.2 Å². The molecular formula is C17H19NSe. The molecule has 2 aromatic carbocycles. The van der Waals surface area contributed by atoms with E-state index in [-0.39, 0.29) is 0 Å². The van der Waals surface area contributed by atoms with E-state index in [4.69, 9.17) is 0 Å². The van der Waals surface area contributed by atoms with E-state index in [1.807, 2.05) is 0 Å². The number of benzene rings is 2. The van der Waals surface area contributed by atoms with Gasteiger partial charge in [0.05, 0.1) is 0 Å². The molecule has 2 aromatic rings. The number of hydrogen-bond acceptors (Lipinski definition) is 1. The first-order valence-corrected chi connectivity index (χ1v) is 8.97. The van der Waals surface area contributed by atoms with Gasteiger partial charge >= 0.3 is 121 Å². The molecule has 2 heteroatoms. The zero-order valence-electron chi connectivity index (χ0n) is 11.0. The Morgan fingerprint density at radius 1 is 0.895 bits per heavy atom. The summed E-state index contributed by atoms with van der Waals surface area (Å²) in [4.78, 5) is 0. The topological polar surface area (TPSA) is 12.0 Å². The minimum atomic E-state index is 0.567. The Balaban J connectivity index is 1.52. The fourth-order valence-corrected chi connectivity index (χ4v) is 4.72. The molecule has 1 heterocycles. The molecule has 1 N–H and O–H groups in total. The molecule has 0 radical (unpaired) electrons. The molecule has 98 valence electrons. The van der Waals surface area contributed by atoms with Crippen LogP contribution in [-0.4, -0.2) is 21.0 Å². The van der Waals surface area contributed by atoms with Gasteiger partial charge in [0, 0.05) is 0 Å². The molecule has 1 nitrogen and oxygen atoms in total. The van der Waals surface area contributed by atoms with Crippen LogP contribution in [0.25, 0.3) is 0 Å². The van der Waals surface area contributed by atoms with Gasteiger partial charge in [-0.25, -0.2) is 0 Å². The van der Waals surface area contributed by atoms with Crippen molar-refractivity contribution >= 4 is 19.4 Å². The second-order valence-electron chi connectivity index (χ2n) is 5.03. The Labute approximate surface area is 121 Å². The van der Waals surface area contributed by atoms with Gasteiger partial charge in [0.2, 0.25) is 0 Å². The molecule has 0 bridgehead atoms. The van der Waals surface area contributed by atoms with Gasteiger partial charge in [0.25, 0.3) is 0 Å². The zero-order chi connectivity index (χ0) is 12.9. The Kier molecular flexibility index (Phi) is 4.34. The molecule has 0 amide bonds. The molecule has 19 heavy (non-hydrogen) atoms. The summed E-state index contributed by atoms with van der Waals surface area (Å²) in [6.45, 7) is 0. The molecule has 0 saturated carbocycles. The quantitative estimate of drug-likeness (QED) is 0.855. The van der Waals surface area contributed by atoms with E-state index in [1.165, 1.54) is 28.2 Å². The van der Waals surface area contributed by atoms with Gasteiger partial charge in [-0.05, 0) is 0 Å². The van der Waals surface area contributed by atoms with Crippen LogP contribution < -0.4 is 9.78 Å². The maximum atomic E-state index is 3.79. The van der Waals surface area contributed by atoms with E-state index in [2.05, 4.69) is 66.0 Å². The predicted molar refractivity (Wildman–Crippen MR) is 82.0 cm³/mol. The van der Waals surface area contributed by atoms with E-state index in [1.54, 1.807) is 0 Å². The van der Waals surface area contributed by atoms with Crippen molar-refractivity contribution in [3.8, 4) is 0 Å². The van der Waals surface area contributed by atoms with Crippen LogP contribution in [0.1, 0.15) is 24.4 Å². The first-order valence-electron chi connectivity index (χ1n) is 6.90. The summed E-state index contributed by atoms with van der Waals surface area (Å²) in [5.41, 5.74) is 1.44. The molecule has 1 saturated heterocycles. The van der Waals surface area contributed by atoms with Crippen LogP contribution in [0.3, 0.4) is 0 Å². The summed E-state index contributed by atoms with van der Waals surface area (Å²) in [6.07, 6.45) is 2.59. The third kappa shape index (κ3) is 3.48. The van der Waals surface area contributed by atoms with Gasteiger partial charge in [-0.2, -0.15) is 0 Å². The normalized spacial score (nSPS) is 22.5. The number of nitrogens with one attached hydrogen (secondary N) is 1. The average Bonchev–Trinajstić information content (AvgIpc) is 2.96. The Hall–Kier alpha value is -1.08. The van der Waals surface area contributed by atoms with E-state index in [9.17, 15) is 0 Å². The van der Waals surface area contributed by atoms with Crippen LogP contribution >= 0.6 is 0 Å².